The van der Waals surface area contributed by atoms with E-state index in [0.29, 0.717) is 4.88 Å². The van der Waals surface area contributed by atoms with E-state index < -0.39 is 6.04 Å². The summed E-state index contributed by atoms with van der Waals surface area (Å²) in [7, 11) is 1.53. The number of nitrogens with one attached hydrogen (secondary N) is 2. The van der Waals surface area contributed by atoms with Gasteiger partial charge in [0.25, 0.3) is 5.91 Å². The van der Waals surface area contributed by atoms with Crippen LogP contribution in [0.2, 0.25) is 0 Å². The average molecular weight is 279 g/mol. The molecule has 0 bridgehead atoms. The Bertz CT molecular complexity index is 540. The topological polar surface area (TPSA) is 84.2 Å². The summed E-state index contributed by atoms with van der Waals surface area (Å²) in [6, 6.07) is 1.19. The van der Waals surface area contributed by atoms with Gasteiger partial charge in [0.2, 0.25) is 5.91 Å². The fourth-order valence-corrected chi connectivity index (χ4v) is 2.35. The Morgan fingerprint density at radius 3 is 2.79 bits per heavy atom. The molecule has 0 saturated carbocycles. The maximum Gasteiger partial charge on any atom is 0.262 e. The smallest absolute Gasteiger partial charge is 0.262 e. The van der Waals surface area contributed by atoms with Crippen LogP contribution in [0.3, 0.4) is 0 Å². The van der Waals surface area contributed by atoms with Crippen LogP contribution in [-0.4, -0.2) is 31.4 Å². The number of aryl methyl sites for hydroxylation is 1. The Morgan fingerprint density at radius 2 is 2.21 bits per heavy atom. The highest BCUT2D eigenvalue weighted by Crippen LogP contribution is 2.20. The number of carbonyl (C=O) groups is 2. The second kappa shape index (κ2) is 6.92. The molecule has 1 aromatic rings. The molecule has 0 aromatic carbocycles. The third-order valence-corrected chi connectivity index (χ3v) is 3.58. The minimum absolute atomic E-state index is 0.232. The molecule has 1 heterocycles. The normalized spacial score (nSPS) is 11.2. The van der Waals surface area contributed by atoms with Crippen LogP contribution in [0.1, 0.15) is 27.0 Å². The molecule has 0 fully saturated rings. The van der Waals surface area contributed by atoms with Crippen molar-refractivity contribution < 1.29 is 9.59 Å². The summed E-state index contributed by atoms with van der Waals surface area (Å²) >= 11 is 1.30. The fourth-order valence-electron chi connectivity index (χ4n) is 1.40. The van der Waals surface area contributed by atoms with Crippen molar-refractivity contribution in [2.24, 2.45) is 5.73 Å². The number of carbonyl (C=O) groups excluding carboxylic acids is 2. The van der Waals surface area contributed by atoms with E-state index in [1.807, 2.05) is 6.92 Å². The predicted molar refractivity (Wildman–Crippen MR) is 76.0 cm³/mol. The molecule has 0 saturated heterocycles. The quantitative estimate of drug-likeness (QED) is 0.693. The van der Waals surface area contributed by atoms with Crippen LogP contribution in [-0.2, 0) is 4.79 Å². The molecule has 1 rings (SSSR count). The molecule has 5 nitrogen and oxygen atoms in total. The maximum absolute atomic E-state index is 12.0. The van der Waals surface area contributed by atoms with Gasteiger partial charge in [0.05, 0.1) is 16.3 Å². The summed E-state index contributed by atoms with van der Waals surface area (Å²) in [5.74, 6) is 5.17. The molecular weight excluding hydrogens is 262 g/mol. The Labute approximate surface area is 116 Å². The van der Waals surface area contributed by atoms with Gasteiger partial charge in [-0.2, -0.15) is 0 Å². The van der Waals surface area contributed by atoms with E-state index in [1.54, 1.807) is 13.0 Å². The highest BCUT2D eigenvalue weighted by Gasteiger charge is 2.17. The van der Waals surface area contributed by atoms with E-state index in [-0.39, 0.29) is 18.4 Å². The van der Waals surface area contributed by atoms with Crippen molar-refractivity contribution >= 4 is 23.2 Å². The molecule has 2 amide bonds. The zero-order valence-corrected chi connectivity index (χ0v) is 12.0. The molecule has 0 spiro atoms. The second-order valence-electron chi connectivity index (χ2n) is 3.94. The molecule has 4 N–H and O–H groups in total. The van der Waals surface area contributed by atoms with E-state index in [0.717, 1.165) is 10.4 Å². The van der Waals surface area contributed by atoms with Gasteiger partial charge in [0.15, 0.2) is 0 Å². The monoisotopic (exact) mass is 279 g/mol. The van der Waals surface area contributed by atoms with Crippen LogP contribution in [0.15, 0.2) is 6.07 Å². The second-order valence-corrected chi connectivity index (χ2v) is 4.99. The Balaban J connectivity index is 2.81. The SMILES string of the molecule is CNC(=O)C(C)NC(=O)c1cc(C)c(C#CCN)s1. The minimum Gasteiger partial charge on any atom is -0.357 e. The van der Waals surface area contributed by atoms with Gasteiger partial charge in [-0.1, -0.05) is 11.8 Å². The number of amides is 2. The van der Waals surface area contributed by atoms with Gasteiger partial charge in [-0.3, -0.25) is 9.59 Å². The molecule has 102 valence electrons. The lowest BCUT2D eigenvalue weighted by molar-refractivity contribution is -0.122. The van der Waals surface area contributed by atoms with Crippen molar-refractivity contribution in [3.05, 3.63) is 21.4 Å². The van der Waals surface area contributed by atoms with Crippen LogP contribution < -0.4 is 16.4 Å². The highest BCUT2D eigenvalue weighted by molar-refractivity contribution is 7.14. The Morgan fingerprint density at radius 1 is 1.53 bits per heavy atom. The van der Waals surface area contributed by atoms with Gasteiger partial charge in [0, 0.05) is 7.05 Å². The van der Waals surface area contributed by atoms with E-state index in [1.165, 1.54) is 18.4 Å². The third kappa shape index (κ3) is 4.09. The number of hydrogen-bond acceptors (Lipinski definition) is 4. The number of likely N-dealkylation sites (N-methyl/N-ethyl adjacent to an activating group) is 1. The molecule has 0 radical (unpaired) electrons. The lowest BCUT2D eigenvalue weighted by Gasteiger charge is -2.10. The maximum atomic E-state index is 12.0. The van der Waals surface area contributed by atoms with E-state index in [9.17, 15) is 9.59 Å². The zero-order valence-electron chi connectivity index (χ0n) is 11.2. The lowest BCUT2D eigenvalue weighted by Crippen LogP contribution is -2.43. The van der Waals surface area contributed by atoms with Gasteiger partial charge in [-0.25, -0.2) is 0 Å². The van der Waals surface area contributed by atoms with Gasteiger partial charge in [0.1, 0.15) is 6.04 Å². The standard InChI is InChI=1S/C13H17N3O2S/c1-8-7-11(19-10(8)5-4-6-14)13(18)16-9(2)12(17)15-3/h7,9H,6,14H2,1-3H3,(H,15,17)(H,16,18). The summed E-state index contributed by atoms with van der Waals surface area (Å²) < 4.78 is 0. The van der Waals surface area contributed by atoms with Crippen molar-refractivity contribution in [3.8, 4) is 11.8 Å². The summed E-state index contributed by atoms with van der Waals surface area (Å²) in [4.78, 5) is 24.7. The van der Waals surface area contributed by atoms with E-state index in [2.05, 4.69) is 22.5 Å². The third-order valence-electron chi connectivity index (χ3n) is 2.43. The van der Waals surface area contributed by atoms with E-state index >= 15 is 0 Å². The highest BCUT2D eigenvalue weighted by atomic mass is 32.1. The number of thiophene rings is 1. The van der Waals surface area contributed by atoms with Gasteiger partial charge in [-0.05, 0) is 25.5 Å². The zero-order chi connectivity index (χ0) is 14.4. The number of rotatable bonds is 3. The summed E-state index contributed by atoms with van der Waals surface area (Å²) in [5.41, 5.74) is 6.25. The predicted octanol–water partition coefficient (Wildman–Crippen LogP) is 0.231. The first kappa shape index (κ1) is 15.2. The first-order chi connectivity index (χ1) is 8.99. The molecule has 6 heteroatoms. The lowest BCUT2D eigenvalue weighted by atomic mass is 10.2. The first-order valence-electron chi connectivity index (χ1n) is 5.81. The number of hydrogen-bond donors (Lipinski definition) is 3. The van der Waals surface area contributed by atoms with Crippen molar-refractivity contribution in [1.82, 2.24) is 10.6 Å². The Kier molecular flexibility index (Phi) is 5.55. The first-order valence-corrected chi connectivity index (χ1v) is 6.63. The van der Waals surface area contributed by atoms with Crippen LogP contribution in [0.25, 0.3) is 0 Å². The molecule has 0 aliphatic heterocycles. The molecule has 1 unspecified atom stereocenters. The number of nitrogens with two attached hydrogens (primary N) is 1. The van der Waals surface area contributed by atoms with Gasteiger partial charge >= 0.3 is 0 Å². The molecule has 1 atom stereocenters. The Hall–Kier alpha value is -1.84. The largest absolute Gasteiger partial charge is 0.357 e. The molecule has 19 heavy (non-hydrogen) atoms. The fraction of sp³-hybridized carbons (Fsp3) is 0.385. The van der Waals surface area contributed by atoms with Crippen molar-refractivity contribution in [3.63, 3.8) is 0 Å². The molecule has 1 aromatic heterocycles. The van der Waals surface area contributed by atoms with Gasteiger partial charge in [-0.15, -0.1) is 11.3 Å². The van der Waals surface area contributed by atoms with E-state index in [4.69, 9.17) is 5.73 Å². The van der Waals surface area contributed by atoms with Crippen molar-refractivity contribution in [2.45, 2.75) is 19.9 Å². The summed E-state index contributed by atoms with van der Waals surface area (Å²) in [6.07, 6.45) is 0. The molecular formula is C13H17N3O2S. The van der Waals surface area contributed by atoms with Crippen molar-refractivity contribution in [2.75, 3.05) is 13.6 Å². The van der Waals surface area contributed by atoms with Crippen LogP contribution >= 0.6 is 11.3 Å². The molecule has 0 aliphatic carbocycles. The molecule has 0 aliphatic rings. The van der Waals surface area contributed by atoms with Crippen LogP contribution in [0.5, 0.6) is 0 Å². The minimum atomic E-state index is -0.571. The van der Waals surface area contributed by atoms with Crippen LogP contribution in [0, 0.1) is 18.8 Å². The van der Waals surface area contributed by atoms with Crippen molar-refractivity contribution in [1.29, 1.82) is 0 Å². The summed E-state index contributed by atoms with van der Waals surface area (Å²) in [6.45, 7) is 3.80. The summed E-state index contributed by atoms with van der Waals surface area (Å²) in [5, 5.41) is 5.11. The average Bonchev–Trinajstić information content (AvgIpc) is 2.76. The van der Waals surface area contributed by atoms with Crippen LogP contribution in [0.4, 0.5) is 0 Å². The van der Waals surface area contributed by atoms with Gasteiger partial charge < -0.3 is 16.4 Å².